The number of nitrogens with one attached hydrogen (secondary N) is 1. The van der Waals surface area contributed by atoms with Crippen LogP contribution in [0.25, 0.3) is 11.5 Å². The van der Waals surface area contributed by atoms with E-state index in [-0.39, 0.29) is 18.4 Å². The standard InChI is InChI=1S/C31H28FN5O2/c1-3-39-28-17-8-7-15-26(28)33-31(38)36-20-25-21(2)34-37(24-13-5-4-6-14-24)30(25)35-18-10-16-27(35)29(36)22-11-9-12-23(32)19-22/h4-19,29H,3,20H2,1-2H3,(H,33,38)/t29-/m0/s1. The fourth-order valence-electron chi connectivity index (χ4n) is 5.21. The molecule has 0 saturated heterocycles. The van der Waals surface area contributed by atoms with Crippen LogP contribution in [0.15, 0.2) is 97.2 Å². The molecule has 1 aliphatic heterocycles. The number of ether oxygens (including phenoxy) is 1. The lowest BCUT2D eigenvalue weighted by molar-refractivity contribution is 0.194. The zero-order chi connectivity index (χ0) is 26.9. The van der Waals surface area contributed by atoms with Gasteiger partial charge in [-0.2, -0.15) is 5.10 Å². The van der Waals surface area contributed by atoms with E-state index in [0.29, 0.717) is 23.6 Å². The van der Waals surface area contributed by atoms with Crippen molar-refractivity contribution in [2.45, 2.75) is 26.4 Å². The van der Waals surface area contributed by atoms with E-state index < -0.39 is 6.04 Å². The fourth-order valence-corrected chi connectivity index (χ4v) is 5.21. The maximum absolute atomic E-state index is 14.5. The van der Waals surface area contributed by atoms with Crippen molar-refractivity contribution in [3.05, 3.63) is 126 Å². The summed E-state index contributed by atoms with van der Waals surface area (Å²) in [6, 6.07) is 26.7. The van der Waals surface area contributed by atoms with Gasteiger partial charge in [-0.15, -0.1) is 0 Å². The third-order valence-electron chi connectivity index (χ3n) is 6.94. The van der Waals surface area contributed by atoms with Crippen molar-refractivity contribution in [1.82, 2.24) is 19.2 Å². The van der Waals surface area contributed by atoms with Crippen molar-refractivity contribution < 1.29 is 13.9 Å². The molecule has 3 aromatic carbocycles. The lowest BCUT2D eigenvalue weighted by atomic mass is 10.0. The Morgan fingerprint density at radius 3 is 2.62 bits per heavy atom. The van der Waals surface area contributed by atoms with Gasteiger partial charge in [0.15, 0.2) is 0 Å². The van der Waals surface area contributed by atoms with Gasteiger partial charge in [0.1, 0.15) is 17.4 Å². The molecule has 0 unspecified atom stereocenters. The van der Waals surface area contributed by atoms with Crippen LogP contribution < -0.4 is 10.1 Å². The highest BCUT2D eigenvalue weighted by atomic mass is 19.1. The molecule has 0 bridgehead atoms. The first-order valence-corrected chi connectivity index (χ1v) is 12.9. The number of aromatic nitrogens is 3. The number of urea groups is 1. The van der Waals surface area contributed by atoms with Crippen LogP contribution in [0.1, 0.15) is 35.5 Å². The quantitative estimate of drug-likeness (QED) is 0.282. The molecule has 1 N–H and O–H groups in total. The summed E-state index contributed by atoms with van der Waals surface area (Å²) in [5.74, 6) is 1.08. The number of nitrogens with zero attached hydrogens (tertiary/aromatic N) is 4. The number of fused-ring (bicyclic) bond motifs is 3. The largest absolute Gasteiger partial charge is 0.492 e. The number of benzene rings is 3. The Morgan fingerprint density at radius 2 is 1.82 bits per heavy atom. The molecule has 5 aromatic rings. The predicted octanol–water partition coefficient (Wildman–Crippen LogP) is 6.65. The van der Waals surface area contributed by atoms with Crippen LogP contribution in [0.4, 0.5) is 14.9 Å². The molecule has 2 aromatic heterocycles. The lowest BCUT2D eigenvalue weighted by Gasteiger charge is -2.31. The molecule has 8 heteroatoms. The Labute approximate surface area is 226 Å². The summed E-state index contributed by atoms with van der Waals surface area (Å²) in [6.45, 7) is 4.58. The fraction of sp³-hybridized carbons (Fsp3) is 0.161. The van der Waals surface area contributed by atoms with Crippen LogP contribution in [0.2, 0.25) is 0 Å². The van der Waals surface area contributed by atoms with E-state index in [1.54, 1.807) is 11.0 Å². The van der Waals surface area contributed by atoms with Gasteiger partial charge in [-0.25, -0.2) is 13.9 Å². The van der Waals surface area contributed by atoms with Crippen LogP contribution in [0.3, 0.4) is 0 Å². The van der Waals surface area contributed by atoms with E-state index in [2.05, 4.69) is 9.88 Å². The minimum Gasteiger partial charge on any atom is -0.492 e. The minimum atomic E-state index is -0.564. The summed E-state index contributed by atoms with van der Waals surface area (Å²) in [5.41, 5.74) is 4.69. The number of para-hydroxylation sites is 3. The molecule has 3 heterocycles. The zero-order valence-electron chi connectivity index (χ0n) is 21.7. The second kappa shape index (κ2) is 10.1. The van der Waals surface area contributed by atoms with Gasteiger partial charge < -0.3 is 19.5 Å². The minimum absolute atomic E-state index is 0.263. The molecule has 0 saturated carbocycles. The number of carbonyl (C=O) groups excluding carboxylic acids is 1. The third kappa shape index (κ3) is 4.44. The van der Waals surface area contributed by atoms with Gasteiger partial charge in [0.2, 0.25) is 0 Å². The van der Waals surface area contributed by atoms with E-state index in [9.17, 15) is 9.18 Å². The number of halogens is 1. The monoisotopic (exact) mass is 521 g/mol. The molecule has 0 aliphatic carbocycles. The smallest absolute Gasteiger partial charge is 0.323 e. The van der Waals surface area contributed by atoms with Gasteiger partial charge in [0.05, 0.1) is 42.0 Å². The molecule has 7 nitrogen and oxygen atoms in total. The summed E-state index contributed by atoms with van der Waals surface area (Å²) in [5, 5.41) is 7.92. The maximum atomic E-state index is 14.5. The van der Waals surface area contributed by atoms with Crippen LogP contribution in [0, 0.1) is 12.7 Å². The van der Waals surface area contributed by atoms with Crippen LogP contribution >= 0.6 is 0 Å². The number of carbonyl (C=O) groups is 1. The number of rotatable bonds is 5. The van der Waals surface area contributed by atoms with Crippen LogP contribution in [0.5, 0.6) is 5.75 Å². The van der Waals surface area contributed by atoms with E-state index in [1.807, 2.05) is 97.5 Å². The van der Waals surface area contributed by atoms with Crippen molar-refractivity contribution in [3.63, 3.8) is 0 Å². The lowest BCUT2D eigenvalue weighted by Crippen LogP contribution is -2.38. The zero-order valence-corrected chi connectivity index (χ0v) is 21.7. The van der Waals surface area contributed by atoms with Crippen molar-refractivity contribution in [2.75, 3.05) is 11.9 Å². The first kappa shape index (κ1) is 24.5. The first-order valence-electron chi connectivity index (χ1n) is 12.9. The summed E-state index contributed by atoms with van der Waals surface area (Å²) in [4.78, 5) is 15.8. The first-order chi connectivity index (χ1) is 19.0. The Kier molecular flexibility index (Phi) is 6.36. The summed E-state index contributed by atoms with van der Waals surface area (Å²) < 4.78 is 24.2. The van der Waals surface area contributed by atoms with E-state index in [4.69, 9.17) is 9.84 Å². The van der Waals surface area contributed by atoms with Crippen LogP contribution in [-0.4, -0.2) is 31.9 Å². The number of aryl methyl sites for hydroxylation is 1. The molecule has 1 aliphatic rings. The number of anilines is 1. The molecule has 39 heavy (non-hydrogen) atoms. The molecule has 0 radical (unpaired) electrons. The number of hydrogen-bond acceptors (Lipinski definition) is 3. The normalized spacial score (nSPS) is 14.3. The Morgan fingerprint density at radius 1 is 1.03 bits per heavy atom. The summed E-state index contributed by atoms with van der Waals surface area (Å²) >= 11 is 0. The van der Waals surface area contributed by atoms with Crippen LogP contribution in [-0.2, 0) is 6.54 Å². The highest BCUT2D eigenvalue weighted by molar-refractivity contribution is 5.91. The van der Waals surface area contributed by atoms with Crippen molar-refractivity contribution in [1.29, 1.82) is 0 Å². The number of amides is 2. The molecular weight excluding hydrogens is 493 g/mol. The van der Waals surface area contributed by atoms with Crippen molar-refractivity contribution in [2.24, 2.45) is 0 Å². The Balaban J connectivity index is 1.52. The molecule has 0 spiro atoms. The van der Waals surface area contributed by atoms with E-state index >= 15 is 0 Å². The van der Waals surface area contributed by atoms with Gasteiger partial charge in [0, 0.05) is 11.8 Å². The second-order valence-electron chi connectivity index (χ2n) is 9.38. The van der Waals surface area contributed by atoms with Crippen molar-refractivity contribution in [3.8, 4) is 17.3 Å². The van der Waals surface area contributed by atoms with Gasteiger partial charge >= 0.3 is 6.03 Å². The van der Waals surface area contributed by atoms with Gasteiger partial charge in [-0.1, -0.05) is 42.5 Å². The van der Waals surface area contributed by atoms with Gasteiger partial charge in [-0.3, -0.25) is 0 Å². The predicted molar refractivity (Wildman–Crippen MR) is 148 cm³/mol. The third-order valence-corrected chi connectivity index (χ3v) is 6.94. The van der Waals surface area contributed by atoms with Gasteiger partial charge in [-0.05, 0) is 67.9 Å². The van der Waals surface area contributed by atoms with Gasteiger partial charge in [0.25, 0.3) is 0 Å². The van der Waals surface area contributed by atoms with E-state index in [1.165, 1.54) is 12.1 Å². The highest BCUT2D eigenvalue weighted by Gasteiger charge is 2.36. The highest BCUT2D eigenvalue weighted by Crippen LogP contribution is 2.39. The number of hydrogen-bond donors (Lipinski definition) is 1. The topological polar surface area (TPSA) is 64.3 Å². The molecule has 196 valence electrons. The maximum Gasteiger partial charge on any atom is 0.323 e. The average Bonchev–Trinajstić information content (AvgIpc) is 3.50. The Hall–Kier alpha value is -4.85. The molecule has 0 fully saturated rings. The average molecular weight is 522 g/mol. The molecule has 1 atom stereocenters. The Bertz CT molecular complexity index is 1640. The van der Waals surface area contributed by atoms with Crippen molar-refractivity contribution >= 4 is 11.7 Å². The summed E-state index contributed by atoms with van der Waals surface area (Å²) in [6.07, 6.45) is 1.97. The second-order valence-corrected chi connectivity index (χ2v) is 9.38. The molecule has 6 rings (SSSR count). The summed E-state index contributed by atoms with van der Waals surface area (Å²) in [7, 11) is 0. The van der Waals surface area contributed by atoms with E-state index in [0.717, 1.165) is 28.5 Å². The molecular formula is C31H28FN5O2. The SMILES string of the molecule is CCOc1ccccc1NC(=O)N1Cc2c(C)nn(-c3ccccc3)c2-n2cccc2[C@@H]1c1cccc(F)c1. The molecule has 2 amide bonds.